The van der Waals surface area contributed by atoms with E-state index in [1.807, 2.05) is 13.0 Å². The number of hydrogen-bond donors (Lipinski definition) is 1. The van der Waals surface area contributed by atoms with Gasteiger partial charge >= 0.3 is 5.97 Å². The van der Waals surface area contributed by atoms with E-state index >= 15 is 0 Å². The van der Waals surface area contributed by atoms with Crippen molar-refractivity contribution in [1.29, 1.82) is 0 Å². The maximum Gasteiger partial charge on any atom is 0.348 e. The number of ether oxygens (including phenoxy) is 1. The van der Waals surface area contributed by atoms with Crippen LogP contribution in [0.4, 0.5) is 0 Å². The zero-order valence-electron chi connectivity index (χ0n) is 10.5. The van der Waals surface area contributed by atoms with Gasteiger partial charge in [-0.1, -0.05) is 0 Å². The van der Waals surface area contributed by atoms with Gasteiger partial charge in [0.2, 0.25) is 0 Å². The summed E-state index contributed by atoms with van der Waals surface area (Å²) in [7, 11) is 0. The quantitative estimate of drug-likeness (QED) is 0.755. The number of nitrogens with one attached hydrogen (secondary N) is 1. The lowest BCUT2D eigenvalue weighted by molar-refractivity contribution is 0.0468. The van der Waals surface area contributed by atoms with Crippen molar-refractivity contribution in [2.24, 2.45) is 0 Å². The number of aromatic amines is 1. The first-order chi connectivity index (χ1) is 9.63. The standard InChI is InChI=1S/C13H10N2O3S2/c1-7-2-3-9(20-7)13(17)18-6-10-14-8-4-5-19-11(8)12(16)15-10/h2-5H,6H2,1H3,(H,14,15,16). The van der Waals surface area contributed by atoms with Crippen LogP contribution in [0.3, 0.4) is 0 Å². The fourth-order valence-corrected chi connectivity index (χ4v) is 3.23. The lowest BCUT2D eigenvalue weighted by Crippen LogP contribution is -2.13. The van der Waals surface area contributed by atoms with Gasteiger partial charge in [0.1, 0.15) is 22.0 Å². The van der Waals surface area contributed by atoms with Gasteiger partial charge in [-0.25, -0.2) is 9.78 Å². The molecule has 3 aromatic heterocycles. The molecule has 0 saturated carbocycles. The molecule has 102 valence electrons. The van der Waals surface area contributed by atoms with Crippen LogP contribution in [-0.4, -0.2) is 15.9 Å². The smallest absolute Gasteiger partial charge is 0.348 e. The predicted molar refractivity (Wildman–Crippen MR) is 78.4 cm³/mol. The molecular weight excluding hydrogens is 296 g/mol. The zero-order chi connectivity index (χ0) is 14.1. The number of thiophene rings is 2. The minimum absolute atomic E-state index is 0.0448. The first-order valence-corrected chi connectivity index (χ1v) is 7.53. The molecule has 3 rings (SSSR count). The van der Waals surface area contributed by atoms with Gasteiger partial charge in [0.25, 0.3) is 5.56 Å². The van der Waals surface area contributed by atoms with Crippen molar-refractivity contribution in [1.82, 2.24) is 9.97 Å². The molecule has 0 aliphatic rings. The number of esters is 1. The Labute approximate surface area is 121 Å². The van der Waals surface area contributed by atoms with Gasteiger partial charge < -0.3 is 9.72 Å². The highest BCUT2D eigenvalue weighted by Crippen LogP contribution is 2.17. The van der Waals surface area contributed by atoms with Gasteiger partial charge in [0, 0.05) is 4.88 Å². The summed E-state index contributed by atoms with van der Waals surface area (Å²) < 4.78 is 5.73. The summed E-state index contributed by atoms with van der Waals surface area (Å²) in [6, 6.07) is 5.35. The second kappa shape index (κ2) is 5.18. The predicted octanol–water partition coefficient (Wildman–Crippen LogP) is 2.71. The van der Waals surface area contributed by atoms with Crippen LogP contribution in [0.25, 0.3) is 10.2 Å². The molecule has 0 saturated heterocycles. The van der Waals surface area contributed by atoms with Gasteiger partial charge in [-0.15, -0.1) is 22.7 Å². The average molecular weight is 306 g/mol. The first kappa shape index (κ1) is 13.0. The van der Waals surface area contributed by atoms with Crippen LogP contribution in [0.1, 0.15) is 20.4 Å². The molecule has 0 atom stereocenters. The molecule has 0 aromatic carbocycles. The van der Waals surface area contributed by atoms with Crippen molar-refractivity contribution in [3.8, 4) is 0 Å². The number of rotatable bonds is 3. The minimum Gasteiger partial charge on any atom is -0.453 e. The molecule has 0 aliphatic heterocycles. The van der Waals surface area contributed by atoms with Crippen LogP contribution in [-0.2, 0) is 11.3 Å². The van der Waals surface area contributed by atoms with Crippen molar-refractivity contribution in [2.75, 3.05) is 0 Å². The number of hydrogen-bond acceptors (Lipinski definition) is 6. The Morgan fingerprint density at radius 3 is 3.00 bits per heavy atom. The van der Waals surface area contributed by atoms with E-state index in [4.69, 9.17) is 4.74 Å². The summed E-state index contributed by atoms with van der Waals surface area (Å²) >= 11 is 2.71. The normalized spacial score (nSPS) is 10.8. The number of carbonyl (C=O) groups excluding carboxylic acids is 1. The molecule has 0 fully saturated rings. The van der Waals surface area contributed by atoms with E-state index in [1.165, 1.54) is 22.7 Å². The molecule has 20 heavy (non-hydrogen) atoms. The summed E-state index contributed by atoms with van der Waals surface area (Å²) in [5.74, 6) is -0.0568. The van der Waals surface area contributed by atoms with Gasteiger partial charge in [0.05, 0.1) is 5.52 Å². The maximum atomic E-state index is 11.8. The van der Waals surface area contributed by atoms with Gasteiger partial charge in [-0.2, -0.15) is 0 Å². The molecule has 5 nitrogen and oxygen atoms in total. The summed E-state index contributed by atoms with van der Waals surface area (Å²) in [6.45, 7) is 1.88. The van der Waals surface area contributed by atoms with Crippen LogP contribution in [0.2, 0.25) is 0 Å². The topological polar surface area (TPSA) is 72.0 Å². The molecule has 1 N–H and O–H groups in total. The van der Waals surface area contributed by atoms with E-state index in [1.54, 1.807) is 17.5 Å². The van der Waals surface area contributed by atoms with Crippen LogP contribution in [0, 0.1) is 6.92 Å². The molecule has 0 aliphatic carbocycles. The van der Waals surface area contributed by atoms with Crippen molar-refractivity contribution < 1.29 is 9.53 Å². The lowest BCUT2D eigenvalue weighted by Gasteiger charge is -2.02. The Morgan fingerprint density at radius 1 is 1.40 bits per heavy atom. The van der Waals surface area contributed by atoms with Crippen LogP contribution < -0.4 is 5.56 Å². The number of carbonyl (C=O) groups is 1. The van der Waals surface area contributed by atoms with Crippen LogP contribution in [0.15, 0.2) is 28.4 Å². The summed E-state index contributed by atoms with van der Waals surface area (Å²) in [4.78, 5) is 32.0. The Bertz CT molecular complexity index is 831. The highest BCUT2D eigenvalue weighted by Gasteiger charge is 2.11. The third-order valence-corrected chi connectivity index (χ3v) is 4.53. The third-order valence-electron chi connectivity index (χ3n) is 2.65. The molecule has 0 amide bonds. The van der Waals surface area contributed by atoms with E-state index in [0.29, 0.717) is 20.9 Å². The lowest BCUT2D eigenvalue weighted by atomic mass is 10.4. The van der Waals surface area contributed by atoms with E-state index in [2.05, 4.69) is 9.97 Å². The minimum atomic E-state index is -0.406. The number of H-pyrrole nitrogens is 1. The molecule has 0 unspecified atom stereocenters. The van der Waals surface area contributed by atoms with Gasteiger partial charge in [-0.3, -0.25) is 4.79 Å². The fourth-order valence-electron chi connectivity index (χ4n) is 1.74. The van der Waals surface area contributed by atoms with Crippen LogP contribution >= 0.6 is 22.7 Å². The molecule has 0 radical (unpaired) electrons. The number of nitrogens with zero attached hydrogens (tertiary/aromatic N) is 1. The van der Waals surface area contributed by atoms with Gasteiger partial charge in [-0.05, 0) is 30.5 Å². The van der Waals surface area contributed by atoms with Crippen molar-refractivity contribution in [3.05, 3.63) is 49.5 Å². The first-order valence-electron chi connectivity index (χ1n) is 5.83. The van der Waals surface area contributed by atoms with Crippen molar-refractivity contribution >= 4 is 38.9 Å². The van der Waals surface area contributed by atoms with E-state index in [9.17, 15) is 9.59 Å². The van der Waals surface area contributed by atoms with Crippen LogP contribution in [0.5, 0.6) is 0 Å². The van der Waals surface area contributed by atoms with Crippen molar-refractivity contribution in [2.45, 2.75) is 13.5 Å². The fraction of sp³-hybridized carbons (Fsp3) is 0.154. The second-order valence-corrected chi connectivity index (χ2v) is 6.34. The van der Waals surface area contributed by atoms with E-state index in [0.717, 1.165) is 4.88 Å². The third kappa shape index (κ3) is 2.50. The number of fused-ring (bicyclic) bond motifs is 1. The Hall–Kier alpha value is -1.99. The highest BCUT2D eigenvalue weighted by atomic mass is 32.1. The van der Waals surface area contributed by atoms with Crippen molar-refractivity contribution in [3.63, 3.8) is 0 Å². The largest absolute Gasteiger partial charge is 0.453 e. The summed E-state index contributed by atoms with van der Waals surface area (Å²) in [5, 5.41) is 1.80. The van der Waals surface area contributed by atoms with E-state index < -0.39 is 5.97 Å². The second-order valence-electron chi connectivity index (χ2n) is 4.13. The van der Waals surface area contributed by atoms with E-state index in [-0.39, 0.29) is 12.2 Å². The zero-order valence-corrected chi connectivity index (χ0v) is 12.1. The SMILES string of the molecule is Cc1ccc(C(=O)OCc2nc3ccsc3c(=O)[nH]2)s1. The Balaban J connectivity index is 1.76. The molecule has 7 heteroatoms. The molecule has 0 spiro atoms. The average Bonchev–Trinajstić information content (AvgIpc) is 3.04. The van der Waals surface area contributed by atoms with Gasteiger partial charge in [0.15, 0.2) is 0 Å². The summed E-state index contributed by atoms with van der Waals surface area (Å²) in [6.07, 6.45) is 0. The highest BCUT2D eigenvalue weighted by molar-refractivity contribution is 7.17. The Morgan fingerprint density at radius 2 is 2.25 bits per heavy atom. The molecular formula is C13H10N2O3S2. The maximum absolute atomic E-state index is 11.8. The molecule has 3 heterocycles. The molecule has 0 bridgehead atoms. The number of aryl methyl sites for hydroxylation is 1. The monoisotopic (exact) mass is 306 g/mol. The Kier molecular flexibility index (Phi) is 3.37. The molecule has 3 aromatic rings. The number of aromatic nitrogens is 2. The summed E-state index contributed by atoms with van der Waals surface area (Å²) in [5.41, 5.74) is 0.416.